The van der Waals surface area contributed by atoms with Crippen molar-refractivity contribution in [3.63, 3.8) is 0 Å². The lowest BCUT2D eigenvalue weighted by molar-refractivity contribution is -0.172. The molecule has 2 aliphatic rings. The summed E-state index contributed by atoms with van der Waals surface area (Å²) in [5.74, 6) is 0.817. The highest BCUT2D eigenvalue weighted by molar-refractivity contribution is 8.77. The zero-order chi connectivity index (χ0) is 56.4. The van der Waals surface area contributed by atoms with Crippen LogP contribution in [0.2, 0.25) is 0 Å². The summed E-state index contributed by atoms with van der Waals surface area (Å²) >= 11 is 0. The minimum Gasteiger partial charge on any atom is -0.494 e. The predicted molar refractivity (Wildman–Crippen MR) is 299 cm³/mol. The topological polar surface area (TPSA) is 270 Å². The summed E-state index contributed by atoms with van der Waals surface area (Å²) in [6.07, 6.45) is 1.91. The lowest BCUT2D eigenvalue weighted by Crippen LogP contribution is -2.44. The van der Waals surface area contributed by atoms with E-state index in [0.717, 1.165) is 46.4 Å². The molecule has 2 N–H and O–H groups in total. The number of rotatable bonds is 47. The first kappa shape index (κ1) is 65.7. The van der Waals surface area contributed by atoms with Crippen LogP contribution in [0, 0.1) is 0 Å². The van der Waals surface area contributed by atoms with Crippen LogP contribution in [-0.2, 0) is 91.6 Å². The number of ether oxygens (including phenoxy) is 13. The number of carbonyl (C=O) groups is 2. The second-order valence-corrected chi connectivity index (χ2v) is 21.8. The molecule has 4 heterocycles. The summed E-state index contributed by atoms with van der Waals surface area (Å²) in [6, 6.07) is 7.61. The Bertz CT molecular complexity index is 2400. The van der Waals surface area contributed by atoms with Gasteiger partial charge in [-0.1, -0.05) is 40.5 Å². The van der Waals surface area contributed by atoms with E-state index in [2.05, 4.69) is 36.1 Å². The van der Waals surface area contributed by atoms with Crippen LogP contribution in [0.1, 0.15) is 69.2 Å². The van der Waals surface area contributed by atoms with Gasteiger partial charge in [-0.2, -0.15) is 0 Å². The van der Waals surface area contributed by atoms with Gasteiger partial charge in [-0.05, 0) is 68.5 Å². The lowest BCUT2D eigenvalue weighted by Gasteiger charge is -2.31. The summed E-state index contributed by atoms with van der Waals surface area (Å²) in [4.78, 5) is 46.4. The number of fused-ring (bicyclic) bond motifs is 5. The van der Waals surface area contributed by atoms with Gasteiger partial charge < -0.3 is 76.6 Å². The van der Waals surface area contributed by atoms with Crippen molar-refractivity contribution < 1.29 is 76.3 Å². The monoisotopic (exact) mass is 1150 g/mol. The highest BCUT2D eigenvalue weighted by atomic mass is 33.1. The number of hydrogen-bond acceptors (Lipinski definition) is 21. The minimum absolute atomic E-state index is 0.0584. The van der Waals surface area contributed by atoms with Crippen molar-refractivity contribution in [2.45, 2.75) is 76.9 Å². The third kappa shape index (κ3) is 23.0. The quantitative estimate of drug-likeness (QED) is 0.0137. The van der Waals surface area contributed by atoms with E-state index < -0.39 is 11.6 Å². The van der Waals surface area contributed by atoms with Crippen LogP contribution in [0.3, 0.4) is 0 Å². The summed E-state index contributed by atoms with van der Waals surface area (Å²) < 4.78 is 73.2. The van der Waals surface area contributed by atoms with Crippen LogP contribution >= 0.6 is 21.6 Å². The molecule has 79 heavy (non-hydrogen) atoms. The second-order valence-electron chi connectivity index (χ2n) is 18.6. The molecule has 1 aromatic carbocycles. The van der Waals surface area contributed by atoms with Crippen molar-refractivity contribution in [2.24, 2.45) is 5.11 Å². The van der Waals surface area contributed by atoms with Gasteiger partial charge in [0, 0.05) is 51.4 Å². The Morgan fingerprint density at radius 2 is 1.28 bits per heavy atom. The number of aromatic nitrogens is 2. The molecule has 0 saturated carbocycles. The van der Waals surface area contributed by atoms with E-state index in [9.17, 15) is 19.5 Å². The third-order valence-corrected chi connectivity index (χ3v) is 15.7. The number of benzene rings is 1. The fraction of sp³-hybridized carbons (Fsp3) is 0.704. The largest absolute Gasteiger partial charge is 0.494 e. The molecule has 0 spiro atoms. The van der Waals surface area contributed by atoms with Gasteiger partial charge in [0.2, 0.25) is 5.91 Å². The Morgan fingerprint density at radius 1 is 0.759 bits per heavy atom. The predicted octanol–water partition coefficient (Wildman–Crippen LogP) is 5.57. The van der Waals surface area contributed by atoms with Gasteiger partial charge >= 0.3 is 5.97 Å². The van der Waals surface area contributed by atoms with Crippen molar-refractivity contribution >= 4 is 44.4 Å². The number of nitrogens with zero attached hydrogens (tertiary/aromatic N) is 5. The van der Waals surface area contributed by atoms with E-state index in [-0.39, 0.29) is 35.7 Å². The van der Waals surface area contributed by atoms with Crippen LogP contribution < -0.4 is 15.6 Å². The summed E-state index contributed by atoms with van der Waals surface area (Å²) in [7, 11) is 3.49. The maximum absolute atomic E-state index is 13.7. The van der Waals surface area contributed by atoms with Crippen LogP contribution in [0.25, 0.3) is 32.7 Å². The SMILES string of the molecule is CCc1c2c(nc3ccc(OCCCSSC(C)(C)CNC(=O)CCOCCOCCOCCOCCOCCOCCOCCOCCOCCOCCOCCN=[N+]=[N-])cc13)-c1cc3c(c(=O)n1C2)COC(=O)[C@]3(O)CC. The first-order valence-electron chi connectivity index (χ1n) is 27.2. The van der Waals surface area contributed by atoms with Crippen LogP contribution in [0.15, 0.2) is 34.2 Å². The highest BCUT2D eigenvalue weighted by Crippen LogP contribution is 2.41. The Hall–Kier alpha value is -4.15. The molecule has 0 saturated heterocycles. The molecule has 1 atom stereocenters. The molecule has 3 aromatic rings. The molecule has 0 bridgehead atoms. The number of nitrogens with one attached hydrogen (secondary N) is 1. The number of carbonyl (C=O) groups excluding carboxylic acids is 2. The zero-order valence-corrected chi connectivity index (χ0v) is 48.1. The van der Waals surface area contributed by atoms with Gasteiger partial charge in [0.05, 0.1) is 181 Å². The number of cyclic esters (lactones) is 1. The number of amides is 1. The van der Waals surface area contributed by atoms with E-state index in [1.165, 1.54) is 0 Å². The molecule has 25 heteroatoms. The number of pyridine rings is 2. The van der Waals surface area contributed by atoms with Gasteiger partial charge in [-0.25, -0.2) is 9.78 Å². The van der Waals surface area contributed by atoms with Gasteiger partial charge in [0.1, 0.15) is 12.4 Å². The Labute approximate surface area is 470 Å². The average molecular weight is 1150 g/mol. The third-order valence-electron chi connectivity index (χ3n) is 12.4. The number of aliphatic hydroxyl groups is 1. The smallest absolute Gasteiger partial charge is 0.343 e. The zero-order valence-electron chi connectivity index (χ0n) is 46.5. The van der Waals surface area contributed by atoms with E-state index in [1.807, 2.05) is 18.2 Å². The van der Waals surface area contributed by atoms with Gasteiger partial charge in [0.15, 0.2) is 5.60 Å². The number of esters is 1. The molecule has 1 amide bonds. The van der Waals surface area contributed by atoms with Crippen LogP contribution in [0.5, 0.6) is 5.75 Å². The summed E-state index contributed by atoms with van der Waals surface area (Å²) in [5, 5.41) is 18.6. The van der Waals surface area contributed by atoms with Crippen molar-refractivity contribution in [3.05, 3.63) is 67.3 Å². The molecule has 442 valence electrons. The lowest BCUT2D eigenvalue weighted by atomic mass is 9.86. The van der Waals surface area contributed by atoms with Crippen molar-refractivity contribution in [3.8, 4) is 17.1 Å². The van der Waals surface area contributed by atoms with Gasteiger partial charge in [-0.3, -0.25) is 9.59 Å². The van der Waals surface area contributed by atoms with Gasteiger partial charge in [0.25, 0.3) is 5.56 Å². The Kier molecular flexibility index (Phi) is 31.4. The number of aryl methyl sites for hydroxylation is 1. The average Bonchev–Trinajstić information content (AvgIpc) is 4.08. The molecule has 2 aromatic heterocycles. The highest BCUT2D eigenvalue weighted by Gasteiger charge is 2.45. The maximum atomic E-state index is 13.7. The molecular formula is C54H82N6O17S2. The normalized spacial score (nSPS) is 14.7. The fourth-order valence-electron chi connectivity index (χ4n) is 8.19. The molecule has 5 rings (SSSR count). The van der Waals surface area contributed by atoms with Crippen molar-refractivity contribution in [1.82, 2.24) is 14.9 Å². The molecule has 0 aliphatic carbocycles. The first-order chi connectivity index (χ1) is 38.5. The van der Waals surface area contributed by atoms with Crippen LogP contribution in [-0.4, -0.2) is 202 Å². The molecule has 23 nitrogen and oxygen atoms in total. The number of hydrogen-bond donors (Lipinski definition) is 2. The van der Waals surface area contributed by atoms with E-state index in [1.54, 1.807) is 39.1 Å². The van der Waals surface area contributed by atoms with Crippen molar-refractivity contribution in [1.29, 1.82) is 0 Å². The summed E-state index contributed by atoms with van der Waals surface area (Å²) in [5.41, 5.74) is 10.7. The fourth-order valence-corrected chi connectivity index (χ4v) is 10.7. The van der Waals surface area contributed by atoms with E-state index >= 15 is 0 Å². The molecule has 0 unspecified atom stereocenters. The molecule has 0 fully saturated rings. The van der Waals surface area contributed by atoms with Crippen molar-refractivity contribution in [2.75, 3.05) is 171 Å². The molecule has 2 aliphatic heterocycles. The summed E-state index contributed by atoms with van der Waals surface area (Å²) in [6.45, 7) is 19.4. The minimum atomic E-state index is -1.87. The number of azide groups is 1. The maximum Gasteiger partial charge on any atom is 0.343 e. The van der Waals surface area contributed by atoms with E-state index in [4.69, 9.17) is 72.1 Å². The Morgan fingerprint density at radius 3 is 1.78 bits per heavy atom. The molecule has 0 radical (unpaired) electrons. The Balaban J connectivity index is 0.765. The first-order valence-corrected chi connectivity index (χ1v) is 29.5. The second kappa shape index (κ2) is 37.8. The molecular weight excluding hydrogens is 1070 g/mol. The standard InChI is InChI=1S/C54H82N6O17S2/c1-5-42-43-36-41(8-9-47(43)58-50-44(42)38-60-48(50)37-46-45(51(60)62)39-77-52(63)54(46,64)6-2)76-12-7-35-78-79-53(3,4)40-56-49(61)10-13-65-15-17-67-19-21-69-23-25-71-27-29-73-31-33-75-34-32-74-30-28-72-26-24-70-22-20-68-18-16-66-14-11-57-59-55/h8-9,36-37,64H,5-7,10-35,38-40H2,1-4H3,(H,56,61)/t54-/m0/s1. The van der Waals surface area contributed by atoms with Gasteiger partial charge in [-0.15, -0.1) is 0 Å². The van der Waals surface area contributed by atoms with Crippen LogP contribution in [0.4, 0.5) is 0 Å². The van der Waals surface area contributed by atoms with E-state index in [0.29, 0.717) is 194 Å².